The Labute approximate surface area is 157 Å². The van der Waals surface area contributed by atoms with Gasteiger partial charge in [0, 0.05) is 26.2 Å². The minimum Gasteiger partial charge on any atom is -0.444 e. The Morgan fingerprint density at radius 1 is 1.35 bits per heavy atom. The van der Waals surface area contributed by atoms with Crippen LogP contribution >= 0.6 is 24.0 Å². The maximum absolute atomic E-state index is 12.1. The van der Waals surface area contributed by atoms with Crippen molar-refractivity contribution in [2.75, 3.05) is 33.4 Å². The molecule has 23 heavy (non-hydrogen) atoms. The summed E-state index contributed by atoms with van der Waals surface area (Å²) in [5.41, 5.74) is 5.29. The standard InChI is InChI=1S/C15H32N4O3.HI/c1-7-9-19(14(20)22-15(3,4)5)10-8-17-13(16)18-12(2)11-21-6;/h12H,7-11H2,1-6H3,(H3,16,17,18);1H. The molecule has 0 saturated carbocycles. The topological polar surface area (TPSA) is 89.2 Å². The van der Waals surface area contributed by atoms with Gasteiger partial charge in [-0.15, -0.1) is 24.0 Å². The van der Waals surface area contributed by atoms with Gasteiger partial charge in [0.05, 0.1) is 13.2 Å². The number of amides is 1. The molecule has 0 aromatic heterocycles. The molecule has 0 aliphatic carbocycles. The van der Waals surface area contributed by atoms with Gasteiger partial charge in [0.1, 0.15) is 5.60 Å². The van der Waals surface area contributed by atoms with Gasteiger partial charge in [-0.05, 0) is 34.1 Å². The predicted molar refractivity (Wildman–Crippen MR) is 104 cm³/mol. The first-order valence-corrected chi connectivity index (χ1v) is 7.73. The Balaban J connectivity index is 0. The SMILES string of the molecule is CCCN(CCN=C(N)NC(C)COC)C(=O)OC(C)(C)C.I. The number of hydrogen-bond donors (Lipinski definition) is 2. The summed E-state index contributed by atoms with van der Waals surface area (Å²) in [5.74, 6) is 0.352. The minimum atomic E-state index is -0.498. The Hall–Kier alpha value is -0.770. The van der Waals surface area contributed by atoms with Crippen molar-refractivity contribution >= 4 is 36.0 Å². The van der Waals surface area contributed by atoms with Crippen LogP contribution in [0.25, 0.3) is 0 Å². The van der Waals surface area contributed by atoms with Crippen molar-refractivity contribution < 1.29 is 14.3 Å². The molecule has 0 rings (SSSR count). The fourth-order valence-corrected chi connectivity index (χ4v) is 1.77. The second-order valence-corrected chi connectivity index (χ2v) is 6.24. The van der Waals surface area contributed by atoms with Crippen molar-refractivity contribution in [1.29, 1.82) is 0 Å². The molecule has 7 nitrogen and oxygen atoms in total. The highest BCUT2D eigenvalue weighted by atomic mass is 127. The molecule has 0 saturated heterocycles. The van der Waals surface area contributed by atoms with Gasteiger partial charge in [-0.25, -0.2) is 4.79 Å². The van der Waals surface area contributed by atoms with E-state index < -0.39 is 5.60 Å². The summed E-state index contributed by atoms with van der Waals surface area (Å²) >= 11 is 0. The lowest BCUT2D eigenvalue weighted by Gasteiger charge is -2.26. The summed E-state index contributed by atoms with van der Waals surface area (Å²) in [7, 11) is 1.63. The maximum Gasteiger partial charge on any atom is 0.410 e. The number of nitrogens with zero attached hydrogens (tertiary/aromatic N) is 2. The van der Waals surface area contributed by atoms with E-state index in [9.17, 15) is 4.79 Å². The lowest BCUT2D eigenvalue weighted by atomic mass is 10.2. The van der Waals surface area contributed by atoms with E-state index in [1.165, 1.54) is 0 Å². The van der Waals surface area contributed by atoms with E-state index in [4.69, 9.17) is 15.2 Å². The highest BCUT2D eigenvalue weighted by Crippen LogP contribution is 2.10. The molecule has 0 aromatic carbocycles. The Kier molecular flexibility index (Phi) is 13.4. The maximum atomic E-state index is 12.1. The summed E-state index contributed by atoms with van der Waals surface area (Å²) in [4.78, 5) is 18.0. The first-order chi connectivity index (χ1) is 10.2. The largest absolute Gasteiger partial charge is 0.444 e. The fraction of sp³-hybridized carbons (Fsp3) is 0.867. The van der Waals surface area contributed by atoms with Crippen LogP contribution in [0.2, 0.25) is 0 Å². The molecule has 1 amide bonds. The van der Waals surface area contributed by atoms with Crippen LogP contribution in [0.15, 0.2) is 4.99 Å². The number of halogens is 1. The van der Waals surface area contributed by atoms with Crippen LogP contribution in [0.3, 0.4) is 0 Å². The predicted octanol–water partition coefficient (Wildman–Crippen LogP) is 2.19. The van der Waals surface area contributed by atoms with Crippen molar-refractivity contribution in [3.63, 3.8) is 0 Å². The molecule has 1 unspecified atom stereocenters. The molecular weight excluding hydrogens is 411 g/mol. The third-order valence-corrected chi connectivity index (χ3v) is 2.61. The first kappa shape index (κ1) is 24.5. The number of rotatable bonds is 8. The molecule has 0 spiro atoms. The summed E-state index contributed by atoms with van der Waals surface area (Å²) in [6.45, 7) is 11.6. The van der Waals surface area contributed by atoms with Crippen molar-refractivity contribution in [1.82, 2.24) is 10.2 Å². The third kappa shape index (κ3) is 13.4. The van der Waals surface area contributed by atoms with Gasteiger partial charge in [0.25, 0.3) is 0 Å². The van der Waals surface area contributed by atoms with Crippen molar-refractivity contribution in [3.8, 4) is 0 Å². The molecule has 0 heterocycles. The normalized spacial score (nSPS) is 13.0. The van der Waals surface area contributed by atoms with Crippen LogP contribution in [0.4, 0.5) is 4.79 Å². The van der Waals surface area contributed by atoms with Gasteiger partial charge in [-0.2, -0.15) is 0 Å². The molecule has 8 heteroatoms. The van der Waals surface area contributed by atoms with Crippen LogP contribution in [0.1, 0.15) is 41.0 Å². The van der Waals surface area contributed by atoms with E-state index in [1.807, 2.05) is 34.6 Å². The number of guanidine groups is 1. The van der Waals surface area contributed by atoms with Gasteiger partial charge in [-0.1, -0.05) is 6.92 Å². The zero-order chi connectivity index (χ0) is 17.2. The van der Waals surface area contributed by atoms with Gasteiger partial charge in [0.2, 0.25) is 0 Å². The van der Waals surface area contributed by atoms with E-state index in [0.717, 1.165) is 6.42 Å². The van der Waals surface area contributed by atoms with Crippen molar-refractivity contribution in [2.24, 2.45) is 10.7 Å². The summed E-state index contributed by atoms with van der Waals surface area (Å²) < 4.78 is 10.4. The second-order valence-electron chi connectivity index (χ2n) is 6.24. The van der Waals surface area contributed by atoms with Gasteiger partial charge >= 0.3 is 6.09 Å². The summed E-state index contributed by atoms with van der Waals surface area (Å²) in [6, 6.07) is 0.0892. The number of carbonyl (C=O) groups is 1. The molecule has 0 fully saturated rings. The van der Waals surface area contributed by atoms with Crippen molar-refractivity contribution in [2.45, 2.75) is 52.7 Å². The van der Waals surface area contributed by atoms with Crippen LogP contribution in [-0.2, 0) is 9.47 Å². The Morgan fingerprint density at radius 3 is 2.43 bits per heavy atom. The van der Waals surface area contributed by atoms with E-state index in [2.05, 4.69) is 10.3 Å². The molecule has 3 N–H and O–H groups in total. The highest BCUT2D eigenvalue weighted by molar-refractivity contribution is 14.0. The van der Waals surface area contributed by atoms with E-state index in [0.29, 0.717) is 32.2 Å². The van der Waals surface area contributed by atoms with Crippen LogP contribution < -0.4 is 11.1 Å². The van der Waals surface area contributed by atoms with Crippen LogP contribution in [-0.4, -0.2) is 61.9 Å². The zero-order valence-electron chi connectivity index (χ0n) is 15.2. The third-order valence-electron chi connectivity index (χ3n) is 2.61. The number of hydrogen-bond acceptors (Lipinski definition) is 4. The first-order valence-electron chi connectivity index (χ1n) is 7.73. The van der Waals surface area contributed by atoms with E-state index >= 15 is 0 Å². The fourth-order valence-electron chi connectivity index (χ4n) is 1.77. The number of nitrogens with one attached hydrogen (secondary N) is 1. The van der Waals surface area contributed by atoms with E-state index in [-0.39, 0.29) is 36.1 Å². The molecule has 0 aromatic rings. The van der Waals surface area contributed by atoms with Gasteiger partial charge in [-0.3, -0.25) is 4.99 Å². The molecule has 0 bridgehead atoms. The van der Waals surface area contributed by atoms with Crippen LogP contribution in [0.5, 0.6) is 0 Å². The zero-order valence-corrected chi connectivity index (χ0v) is 17.5. The number of ether oxygens (including phenoxy) is 2. The lowest BCUT2D eigenvalue weighted by molar-refractivity contribution is 0.0256. The molecule has 138 valence electrons. The number of methoxy groups -OCH3 is 1. The average Bonchev–Trinajstić information content (AvgIpc) is 2.35. The van der Waals surface area contributed by atoms with Gasteiger partial charge < -0.3 is 25.4 Å². The number of aliphatic imine (C=N–C) groups is 1. The smallest absolute Gasteiger partial charge is 0.410 e. The monoisotopic (exact) mass is 444 g/mol. The summed E-state index contributed by atoms with van der Waals surface area (Å²) in [6.07, 6.45) is 0.547. The summed E-state index contributed by atoms with van der Waals surface area (Å²) in [5, 5.41) is 3.02. The minimum absolute atomic E-state index is 0. The second kappa shape index (κ2) is 12.6. The quantitative estimate of drug-likeness (QED) is 0.341. The molecule has 1 atom stereocenters. The molecule has 0 radical (unpaired) electrons. The lowest BCUT2D eigenvalue weighted by Crippen LogP contribution is -2.42. The number of nitrogens with two attached hydrogens (primary N) is 1. The Bertz CT molecular complexity index is 359. The van der Waals surface area contributed by atoms with Crippen molar-refractivity contribution in [3.05, 3.63) is 0 Å². The Morgan fingerprint density at radius 2 is 1.96 bits per heavy atom. The van der Waals surface area contributed by atoms with Gasteiger partial charge in [0.15, 0.2) is 5.96 Å². The number of carbonyl (C=O) groups excluding carboxylic acids is 1. The molecular formula is C15H33IN4O3. The molecule has 0 aliphatic rings. The van der Waals surface area contributed by atoms with E-state index in [1.54, 1.807) is 12.0 Å². The average molecular weight is 444 g/mol. The highest BCUT2D eigenvalue weighted by Gasteiger charge is 2.21. The molecule has 0 aliphatic heterocycles. The van der Waals surface area contributed by atoms with Crippen LogP contribution in [0, 0.1) is 0 Å².